The van der Waals surface area contributed by atoms with Crippen molar-refractivity contribution in [1.82, 2.24) is 4.31 Å². The molecule has 0 unspecified atom stereocenters. The molecule has 2 aromatic rings. The largest absolute Gasteiger partial charge is 0.495 e. The van der Waals surface area contributed by atoms with Crippen molar-refractivity contribution in [2.75, 3.05) is 26.5 Å². The molecule has 0 saturated heterocycles. The third-order valence-electron chi connectivity index (χ3n) is 3.52. The number of hydrogen-bond donors (Lipinski definition) is 1. The summed E-state index contributed by atoms with van der Waals surface area (Å²) in [5, 5.41) is 3.51. The molecular weight excluding hydrogens is 411 g/mol. The summed E-state index contributed by atoms with van der Waals surface area (Å²) in [6.45, 7) is 0. The molecular formula is C18H18Cl2N2O4S. The standard InChI is InChI=1S/C18H18Cl2N2O4S/c1-22(2)27(24,25)15-5-6-17(26-3)16(11-15)21-18(23)7-4-12-8-13(19)10-14(20)9-12/h4-11H,1-3H3,(H,21,23)/b7-4+. The van der Waals surface area contributed by atoms with Crippen LogP contribution in [0.25, 0.3) is 6.08 Å². The maximum atomic E-state index is 12.3. The van der Waals surface area contributed by atoms with Gasteiger partial charge in [-0.3, -0.25) is 4.79 Å². The summed E-state index contributed by atoms with van der Waals surface area (Å²) in [4.78, 5) is 12.3. The first-order valence-corrected chi connectivity index (χ1v) is 9.89. The number of amides is 1. The Labute approximate surface area is 168 Å². The minimum atomic E-state index is -3.65. The number of halogens is 2. The van der Waals surface area contributed by atoms with Gasteiger partial charge in [0.25, 0.3) is 0 Å². The number of ether oxygens (including phenoxy) is 1. The lowest BCUT2D eigenvalue weighted by Gasteiger charge is -2.14. The third-order valence-corrected chi connectivity index (χ3v) is 5.77. The fourth-order valence-electron chi connectivity index (χ4n) is 2.17. The van der Waals surface area contributed by atoms with E-state index in [-0.39, 0.29) is 10.6 Å². The average Bonchev–Trinajstić information content (AvgIpc) is 2.59. The topological polar surface area (TPSA) is 75.7 Å². The van der Waals surface area contributed by atoms with Gasteiger partial charge in [-0.25, -0.2) is 12.7 Å². The van der Waals surface area contributed by atoms with Crippen molar-refractivity contribution in [2.45, 2.75) is 4.90 Å². The van der Waals surface area contributed by atoms with E-state index in [1.807, 2.05) is 0 Å². The lowest BCUT2D eigenvalue weighted by atomic mass is 10.2. The van der Waals surface area contributed by atoms with Crippen molar-refractivity contribution in [1.29, 1.82) is 0 Å². The average molecular weight is 429 g/mol. The number of carbonyl (C=O) groups is 1. The molecule has 0 radical (unpaired) electrons. The molecule has 9 heteroatoms. The van der Waals surface area contributed by atoms with E-state index in [9.17, 15) is 13.2 Å². The van der Waals surface area contributed by atoms with Crippen molar-refractivity contribution >= 4 is 50.9 Å². The van der Waals surface area contributed by atoms with Crippen LogP contribution in [0.15, 0.2) is 47.4 Å². The van der Waals surface area contributed by atoms with Gasteiger partial charge in [0.05, 0.1) is 17.7 Å². The summed E-state index contributed by atoms with van der Waals surface area (Å²) >= 11 is 11.8. The van der Waals surface area contributed by atoms with Crippen molar-refractivity contribution < 1.29 is 17.9 Å². The van der Waals surface area contributed by atoms with E-state index >= 15 is 0 Å². The molecule has 144 valence electrons. The molecule has 0 fully saturated rings. The molecule has 0 saturated carbocycles. The van der Waals surface area contributed by atoms with Crippen LogP contribution in [0.5, 0.6) is 5.75 Å². The van der Waals surface area contributed by atoms with Crippen molar-refractivity contribution in [3.8, 4) is 5.75 Å². The van der Waals surface area contributed by atoms with Crippen LogP contribution in [0, 0.1) is 0 Å². The number of rotatable bonds is 6. The first-order valence-electron chi connectivity index (χ1n) is 7.69. The Kier molecular flexibility index (Phi) is 6.89. The van der Waals surface area contributed by atoms with Crippen LogP contribution in [0.3, 0.4) is 0 Å². The predicted octanol–water partition coefficient (Wildman–Crippen LogP) is 3.90. The van der Waals surface area contributed by atoms with Gasteiger partial charge in [0.15, 0.2) is 0 Å². The molecule has 6 nitrogen and oxygen atoms in total. The number of methoxy groups -OCH3 is 1. The van der Waals surface area contributed by atoms with Gasteiger partial charge in [-0.1, -0.05) is 23.2 Å². The predicted molar refractivity (Wildman–Crippen MR) is 108 cm³/mol. The minimum absolute atomic E-state index is 0.0363. The van der Waals surface area contributed by atoms with Crippen LogP contribution in [-0.4, -0.2) is 39.8 Å². The second kappa shape index (κ2) is 8.75. The molecule has 0 aliphatic rings. The molecule has 1 N–H and O–H groups in total. The number of hydrogen-bond acceptors (Lipinski definition) is 4. The summed E-state index contributed by atoms with van der Waals surface area (Å²) < 4.78 is 30.8. The van der Waals surface area contributed by atoms with Crippen LogP contribution >= 0.6 is 23.2 Å². The Morgan fingerprint density at radius 2 is 1.74 bits per heavy atom. The summed E-state index contributed by atoms with van der Waals surface area (Å²) in [6, 6.07) is 9.13. The lowest BCUT2D eigenvalue weighted by Crippen LogP contribution is -2.22. The lowest BCUT2D eigenvalue weighted by molar-refractivity contribution is -0.111. The first kappa shape index (κ1) is 21.2. The van der Waals surface area contributed by atoms with Gasteiger partial charge in [-0.2, -0.15) is 0 Å². The van der Waals surface area contributed by atoms with E-state index in [1.54, 1.807) is 24.3 Å². The van der Waals surface area contributed by atoms with Crippen LogP contribution in [0.4, 0.5) is 5.69 Å². The van der Waals surface area contributed by atoms with E-state index < -0.39 is 15.9 Å². The van der Waals surface area contributed by atoms with Crippen molar-refractivity contribution in [3.05, 3.63) is 58.1 Å². The van der Waals surface area contributed by atoms with Crippen LogP contribution in [-0.2, 0) is 14.8 Å². The van der Waals surface area contributed by atoms with Gasteiger partial charge in [0.1, 0.15) is 5.75 Å². The highest BCUT2D eigenvalue weighted by Crippen LogP contribution is 2.28. The fraction of sp³-hybridized carbons (Fsp3) is 0.167. The quantitative estimate of drug-likeness (QED) is 0.707. The van der Waals surface area contributed by atoms with E-state index in [0.717, 1.165) is 4.31 Å². The van der Waals surface area contributed by atoms with E-state index in [1.165, 1.54) is 45.5 Å². The first-order chi connectivity index (χ1) is 12.6. The van der Waals surface area contributed by atoms with Gasteiger partial charge < -0.3 is 10.1 Å². The molecule has 0 aliphatic heterocycles. The number of nitrogens with zero attached hydrogens (tertiary/aromatic N) is 1. The zero-order chi connectivity index (χ0) is 20.2. The highest BCUT2D eigenvalue weighted by Gasteiger charge is 2.19. The summed E-state index contributed by atoms with van der Waals surface area (Å²) in [7, 11) is 0.634. The van der Waals surface area contributed by atoms with Gasteiger partial charge in [-0.15, -0.1) is 0 Å². The Bertz CT molecular complexity index is 969. The highest BCUT2D eigenvalue weighted by molar-refractivity contribution is 7.89. The maximum Gasteiger partial charge on any atom is 0.248 e. The molecule has 0 aliphatic carbocycles. The minimum Gasteiger partial charge on any atom is -0.495 e. The molecule has 0 spiro atoms. The molecule has 0 bridgehead atoms. The number of anilines is 1. The van der Waals surface area contributed by atoms with Crippen molar-refractivity contribution in [3.63, 3.8) is 0 Å². The van der Waals surface area contributed by atoms with Crippen LogP contribution < -0.4 is 10.1 Å². The van der Waals surface area contributed by atoms with E-state index in [0.29, 0.717) is 21.4 Å². The van der Waals surface area contributed by atoms with Crippen molar-refractivity contribution in [2.24, 2.45) is 0 Å². The number of nitrogens with one attached hydrogen (secondary N) is 1. The van der Waals surface area contributed by atoms with Gasteiger partial charge in [0, 0.05) is 30.2 Å². The summed E-state index contributed by atoms with van der Waals surface area (Å²) in [6.07, 6.45) is 2.83. The molecule has 2 aromatic carbocycles. The summed E-state index contributed by atoms with van der Waals surface area (Å²) in [5.41, 5.74) is 0.887. The second-order valence-electron chi connectivity index (χ2n) is 5.67. The Hall–Kier alpha value is -2.06. The zero-order valence-corrected chi connectivity index (χ0v) is 17.2. The summed E-state index contributed by atoms with van der Waals surface area (Å²) in [5.74, 6) is -0.135. The zero-order valence-electron chi connectivity index (χ0n) is 14.9. The maximum absolute atomic E-state index is 12.3. The smallest absolute Gasteiger partial charge is 0.248 e. The van der Waals surface area contributed by atoms with Crippen LogP contribution in [0.1, 0.15) is 5.56 Å². The molecule has 27 heavy (non-hydrogen) atoms. The Morgan fingerprint density at radius 1 is 1.11 bits per heavy atom. The fourth-order valence-corrected chi connectivity index (χ4v) is 3.65. The van der Waals surface area contributed by atoms with E-state index in [2.05, 4.69) is 5.32 Å². The van der Waals surface area contributed by atoms with Gasteiger partial charge >= 0.3 is 0 Å². The third kappa shape index (κ3) is 5.46. The Morgan fingerprint density at radius 3 is 2.30 bits per heavy atom. The van der Waals surface area contributed by atoms with Gasteiger partial charge in [0.2, 0.25) is 15.9 Å². The molecule has 1 amide bonds. The Balaban J connectivity index is 2.27. The highest BCUT2D eigenvalue weighted by atomic mass is 35.5. The molecule has 0 atom stereocenters. The molecule has 0 aromatic heterocycles. The normalized spacial score (nSPS) is 11.8. The number of sulfonamides is 1. The van der Waals surface area contributed by atoms with E-state index in [4.69, 9.17) is 27.9 Å². The molecule has 2 rings (SSSR count). The molecule has 0 heterocycles. The number of carbonyl (C=O) groups excluding carboxylic acids is 1. The SMILES string of the molecule is COc1ccc(S(=O)(=O)N(C)C)cc1NC(=O)/C=C/c1cc(Cl)cc(Cl)c1. The number of benzene rings is 2. The van der Waals surface area contributed by atoms with Crippen LogP contribution in [0.2, 0.25) is 10.0 Å². The monoisotopic (exact) mass is 428 g/mol. The van der Waals surface area contributed by atoms with Gasteiger partial charge in [-0.05, 0) is 48.0 Å². The second-order valence-corrected chi connectivity index (χ2v) is 8.70.